The van der Waals surface area contributed by atoms with Crippen molar-refractivity contribution in [1.29, 1.82) is 0 Å². The predicted molar refractivity (Wildman–Crippen MR) is 76.5 cm³/mol. The van der Waals surface area contributed by atoms with Gasteiger partial charge in [-0.2, -0.15) is 0 Å². The molecule has 0 amide bonds. The van der Waals surface area contributed by atoms with Crippen molar-refractivity contribution in [3.8, 4) is 17.0 Å². The topological polar surface area (TPSA) is 35.0 Å². The van der Waals surface area contributed by atoms with Crippen LogP contribution in [0.2, 0.25) is 5.15 Å². The van der Waals surface area contributed by atoms with Crippen molar-refractivity contribution >= 4 is 22.4 Å². The van der Waals surface area contributed by atoms with Gasteiger partial charge in [-0.3, -0.25) is 0 Å². The van der Waals surface area contributed by atoms with Gasteiger partial charge < -0.3 is 4.74 Å². The number of ether oxygens (including phenoxy) is 1. The molecule has 1 heterocycles. The number of halogens is 2. The maximum atomic E-state index is 13.0. The smallest absolute Gasteiger partial charge is 0.159 e. The molecule has 3 rings (SSSR count). The summed E-state index contributed by atoms with van der Waals surface area (Å²) in [6, 6.07) is 11.6. The van der Waals surface area contributed by atoms with Gasteiger partial charge >= 0.3 is 0 Å². The van der Waals surface area contributed by atoms with Crippen molar-refractivity contribution < 1.29 is 9.13 Å². The van der Waals surface area contributed by atoms with Gasteiger partial charge in [-0.1, -0.05) is 11.6 Å². The molecule has 0 fully saturated rings. The number of methoxy groups -OCH3 is 1. The van der Waals surface area contributed by atoms with Gasteiger partial charge in [0.2, 0.25) is 0 Å². The van der Waals surface area contributed by atoms with Crippen molar-refractivity contribution in [2.45, 2.75) is 0 Å². The van der Waals surface area contributed by atoms with Crippen molar-refractivity contribution in [2.75, 3.05) is 7.11 Å². The standard InChI is InChI=1S/C15H10ClFN2O/c1-20-11-6-7-12-13(8-11)15(16)19-18-14(12)9-2-4-10(17)5-3-9/h2-8H,1H3. The molecule has 0 saturated heterocycles. The van der Waals surface area contributed by atoms with E-state index in [4.69, 9.17) is 16.3 Å². The highest BCUT2D eigenvalue weighted by Gasteiger charge is 2.11. The molecule has 0 aliphatic carbocycles. The second-order valence-electron chi connectivity index (χ2n) is 4.26. The van der Waals surface area contributed by atoms with Crippen LogP contribution in [0.15, 0.2) is 42.5 Å². The molecule has 5 heteroatoms. The number of benzene rings is 2. The summed E-state index contributed by atoms with van der Waals surface area (Å²) < 4.78 is 18.2. The Kier molecular flexibility index (Phi) is 3.24. The summed E-state index contributed by atoms with van der Waals surface area (Å²) in [4.78, 5) is 0. The number of fused-ring (bicyclic) bond motifs is 1. The van der Waals surface area contributed by atoms with E-state index in [1.165, 1.54) is 12.1 Å². The maximum absolute atomic E-state index is 13.0. The molecule has 0 bridgehead atoms. The van der Waals surface area contributed by atoms with Crippen molar-refractivity contribution in [1.82, 2.24) is 10.2 Å². The van der Waals surface area contributed by atoms with Crippen LogP contribution in [0.3, 0.4) is 0 Å². The average molecular weight is 289 g/mol. The molecule has 0 aliphatic heterocycles. The molecule has 0 N–H and O–H groups in total. The minimum Gasteiger partial charge on any atom is -0.497 e. The lowest BCUT2D eigenvalue weighted by atomic mass is 10.1. The Hall–Kier alpha value is -2.20. The van der Waals surface area contributed by atoms with Crippen LogP contribution in [0.4, 0.5) is 4.39 Å². The van der Waals surface area contributed by atoms with Gasteiger partial charge in [0.15, 0.2) is 5.15 Å². The van der Waals surface area contributed by atoms with Crippen LogP contribution in [0.25, 0.3) is 22.0 Å². The molecule has 0 radical (unpaired) electrons. The number of aromatic nitrogens is 2. The Morgan fingerprint density at radius 2 is 1.75 bits per heavy atom. The van der Waals surface area contributed by atoms with Gasteiger partial charge in [-0.25, -0.2) is 4.39 Å². The minimum absolute atomic E-state index is 0.290. The van der Waals surface area contributed by atoms with Gasteiger partial charge in [0.1, 0.15) is 17.3 Å². The molecule has 3 nitrogen and oxygen atoms in total. The van der Waals surface area contributed by atoms with Crippen LogP contribution in [0.1, 0.15) is 0 Å². The zero-order valence-electron chi connectivity index (χ0n) is 10.6. The van der Waals surface area contributed by atoms with Crippen LogP contribution in [-0.2, 0) is 0 Å². The van der Waals surface area contributed by atoms with E-state index in [2.05, 4.69) is 10.2 Å². The first-order valence-corrected chi connectivity index (χ1v) is 6.32. The molecule has 20 heavy (non-hydrogen) atoms. The average Bonchev–Trinajstić information content (AvgIpc) is 2.49. The molecular formula is C15H10ClFN2O. The fourth-order valence-electron chi connectivity index (χ4n) is 2.05. The summed E-state index contributed by atoms with van der Waals surface area (Å²) in [5.41, 5.74) is 1.44. The molecule has 0 saturated carbocycles. The zero-order valence-corrected chi connectivity index (χ0v) is 11.4. The van der Waals surface area contributed by atoms with Crippen molar-refractivity contribution in [2.24, 2.45) is 0 Å². The summed E-state index contributed by atoms with van der Waals surface area (Å²) in [7, 11) is 1.59. The first kappa shape index (κ1) is 12.8. The highest BCUT2D eigenvalue weighted by molar-refractivity contribution is 6.34. The molecule has 100 valence electrons. The largest absolute Gasteiger partial charge is 0.497 e. The van der Waals surface area contributed by atoms with E-state index in [1.54, 1.807) is 25.3 Å². The first-order chi connectivity index (χ1) is 9.69. The van der Waals surface area contributed by atoms with Gasteiger partial charge in [0.25, 0.3) is 0 Å². The minimum atomic E-state index is -0.290. The lowest BCUT2D eigenvalue weighted by Gasteiger charge is -2.08. The fraction of sp³-hybridized carbons (Fsp3) is 0.0667. The molecule has 3 aromatic rings. The SMILES string of the molecule is COc1ccc2c(-c3ccc(F)cc3)nnc(Cl)c2c1. The fourth-order valence-corrected chi connectivity index (χ4v) is 2.24. The quantitative estimate of drug-likeness (QED) is 0.712. The molecule has 2 aromatic carbocycles. The van der Waals surface area contributed by atoms with E-state index in [1.807, 2.05) is 12.1 Å². The van der Waals surface area contributed by atoms with E-state index >= 15 is 0 Å². The molecule has 0 atom stereocenters. The molecular weight excluding hydrogens is 279 g/mol. The van der Waals surface area contributed by atoms with E-state index < -0.39 is 0 Å². The molecule has 1 aromatic heterocycles. The van der Waals surface area contributed by atoms with Crippen molar-refractivity contribution in [3.05, 3.63) is 53.4 Å². The maximum Gasteiger partial charge on any atom is 0.159 e. The third-order valence-corrected chi connectivity index (χ3v) is 3.34. The highest BCUT2D eigenvalue weighted by Crippen LogP contribution is 2.32. The van der Waals surface area contributed by atoms with Crippen LogP contribution in [-0.4, -0.2) is 17.3 Å². The van der Waals surface area contributed by atoms with Crippen LogP contribution in [0, 0.1) is 5.82 Å². The Morgan fingerprint density at radius 1 is 1.00 bits per heavy atom. The summed E-state index contributed by atoms with van der Waals surface area (Å²) in [5, 5.41) is 9.97. The Morgan fingerprint density at radius 3 is 2.45 bits per heavy atom. The van der Waals surface area contributed by atoms with E-state index in [0.29, 0.717) is 16.6 Å². The number of hydrogen-bond donors (Lipinski definition) is 0. The van der Waals surface area contributed by atoms with Gasteiger partial charge in [0, 0.05) is 16.3 Å². The van der Waals surface area contributed by atoms with Crippen LogP contribution in [0.5, 0.6) is 5.75 Å². The third kappa shape index (κ3) is 2.18. The van der Waals surface area contributed by atoms with Gasteiger partial charge in [-0.05, 0) is 42.5 Å². The number of hydrogen-bond acceptors (Lipinski definition) is 3. The second-order valence-corrected chi connectivity index (χ2v) is 4.62. The first-order valence-electron chi connectivity index (χ1n) is 5.95. The van der Waals surface area contributed by atoms with E-state index in [-0.39, 0.29) is 5.82 Å². The summed E-state index contributed by atoms with van der Waals surface area (Å²) in [6.45, 7) is 0. The van der Waals surface area contributed by atoms with Gasteiger partial charge in [-0.15, -0.1) is 10.2 Å². The van der Waals surface area contributed by atoms with Crippen LogP contribution < -0.4 is 4.74 Å². The molecule has 0 spiro atoms. The number of nitrogens with zero attached hydrogens (tertiary/aromatic N) is 2. The highest BCUT2D eigenvalue weighted by atomic mass is 35.5. The summed E-state index contributed by atoms with van der Waals surface area (Å²) in [5.74, 6) is 0.402. The Balaban J connectivity index is 2.26. The molecule has 0 unspecified atom stereocenters. The lowest BCUT2D eigenvalue weighted by Crippen LogP contribution is -1.92. The van der Waals surface area contributed by atoms with Gasteiger partial charge in [0.05, 0.1) is 7.11 Å². The monoisotopic (exact) mass is 288 g/mol. The van der Waals surface area contributed by atoms with E-state index in [0.717, 1.165) is 16.3 Å². The van der Waals surface area contributed by atoms with Crippen molar-refractivity contribution in [3.63, 3.8) is 0 Å². The molecule has 0 aliphatic rings. The zero-order chi connectivity index (χ0) is 14.1. The predicted octanol–water partition coefficient (Wildman–Crippen LogP) is 4.10. The second kappa shape index (κ2) is 5.06. The lowest BCUT2D eigenvalue weighted by molar-refractivity contribution is 0.415. The Bertz CT molecular complexity index is 775. The van der Waals surface area contributed by atoms with E-state index in [9.17, 15) is 4.39 Å². The summed E-state index contributed by atoms with van der Waals surface area (Å²) in [6.07, 6.45) is 0. The summed E-state index contributed by atoms with van der Waals surface area (Å²) >= 11 is 6.08. The number of rotatable bonds is 2. The Labute approximate surface area is 120 Å². The normalized spacial score (nSPS) is 10.8. The van der Waals surface area contributed by atoms with Crippen LogP contribution >= 0.6 is 11.6 Å². The third-order valence-electron chi connectivity index (χ3n) is 3.06.